The minimum atomic E-state index is -1.13. The summed E-state index contributed by atoms with van der Waals surface area (Å²) in [4.78, 5) is 11.0. The van der Waals surface area contributed by atoms with Crippen LogP contribution in [0.1, 0.15) is 19.5 Å². The fourth-order valence-electron chi connectivity index (χ4n) is 1.41. The van der Waals surface area contributed by atoms with Crippen molar-refractivity contribution in [2.75, 3.05) is 7.11 Å². The zero-order valence-electron chi connectivity index (χ0n) is 9.88. The van der Waals surface area contributed by atoms with Gasteiger partial charge in [-0.3, -0.25) is 4.68 Å². The number of methoxy groups -OCH3 is 1. The lowest BCUT2D eigenvalue weighted by atomic mass is 10.2. The molecule has 1 unspecified atom stereocenters. The van der Waals surface area contributed by atoms with E-state index < -0.39 is 12.1 Å². The van der Waals surface area contributed by atoms with Gasteiger partial charge in [0.05, 0.1) is 12.8 Å². The van der Waals surface area contributed by atoms with Crippen LogP contribution in [0.4, 0.5) is 0 Å². The first-order chi connectivity index (χ1) is 7.52. The van der Waals surface area contributed by atoms with Crippen molar-refractivity contribution in [3.63, 3.8) is 0 Å². The Balaban J connectivity index is 2.55. The van der Waals surface area contributed by atoms with Crippen molar-refractivity contribution in [1.29, 1.82) is 0 Å². The molecular weight excluding hydrogens is 208 g/mol. The van der Waals surface area contributed by atoms with E-state index in [0.29, 0.717) is 11.6 Å². The summed E-state index contributed by atoms with van der Waals surface area (Å²) in [6, 6.07) is 1.80. The summed E-state index contributed by atoms with van der Waals surface area (Å²) in [5.74, 6) is -0.114. The SMILES string of the molecule is COC(=O)C(O)Cc1ccn(CC(C)C)n1. The second kappa shape index (κ2) is 5.65. The lowest BCUT2D eigenvalue weighted by Crippen LogP contribution is -2.24. The van der Waals surface area contributed by atoms with Gasteiger partial charge in [-0.25, -0.2) is 4.79 Å². The minimum absolute atomic E-state index is 0.192. The highest BCUT2D eigenvalue weighted by Crippen LogP contribution is 2.04. The van der Waals surface area contributed by atoms with Crippen LogP contribution < -0.4 is 0 Å². The Kier molecular flexibility index (Phi) is 4.49. The molecular formula is C11H18N2O3. The van der Waals surface area contributed by atoms with Gasteiger partial charge in [0.15, 0.2) is 6.10 Å². The number of aliphatic hydroxyl groups excluding tert-OH is 1. The molecule has 1 rings (SSSR count). The molecule has 0 aliphatic carbocycles. The van der Waals surface area contributed by atoms with Gasteiger partial charge in [0.25, 0.3) is 0 Å². The maximum Gasteiger partial charge on any atom is 0.335 e. The van der Waals surface area contributed by atoms with Crippen LogP contribution in [0.5, 0.6) is 0 Å². The largest absolute Gasteiger partial charge is 0.467 e. The molecule has 16 heavy (non-hydrogen) atoms. The highest BCUT2D eigenvalue weighted by atomic mass is 16.5. The van der Waals surface area contributed by atoms with E-state index in [0.717, 1.165) is 6.54 Å². The monoisotopic (exact) mass is 226 g/mol. The molecule has 0 spiro atoms. The molecule has 0 fully saturated rings. The van der Waals surface area contributed by atoms with Crippen LogP contribution in [0.3, 0.4) is 0 Å². The van der Waals surface area contributed by atoms with Gasteiger partial charge >= 0.3 is 5.97 Å². The Labute approximate surface area is 95.0 Å². The van der Waals surface area contributed by atoms with Gasteiger partial charge < -0.3 is 9.84 Å². The number of aliphatic hydroxyl groups is 1. The van der Waals surface area contributed by atoms with Crippen molar-refractivity contribution in [2.45, 2.75) is 32.9 Å². The number of rotatable bonds is 5. The molecule has 0 bridgehead atoms. The van der Waals surface area contributed by atoms with Crippen molar-refractivity contribution < 1.29 is 14.6 Å². The summed E-state index contributed by atoms with van der Waals surface area (Å²) >= 11 is 0. The number of esters is 1. The van der Waals surface area contributed by atoms with E-state index in [1.807, 2.05) is 10.9 Å². The summed E-state index contributed by atoms with van der Waals surface area (Å²) < 4.78 is 6.24. The molecule has 5 heteroatoms. The van der Waals surface area contributed by atoms with Gasteiger partial charge in [0.2, 0.25) is 0 Å². The summed E-state index contributed by atoms with van der Waals surface area (Å²) in [6.07, 6.45) is 0.907. The van der Waals surface area contributed by atoms with E-state index in [1.54, 1.807) is 6.07 Å². The standard InChI is InChI=1S/C11H18N2O3/c1-8(2)7-13-5-4-9(12-13)6-10(14)11(15)16-3/h4-5,8,10,14H,6-7H2,1-3H3. The molecule has 0 saturated heterocycles. The third kappa shape index (κ3) is 3.66. The Bertz CT molecular complexity index is 347. The van der Waals surface area contributed by atoms with Crippen molar-refractivity contribution >= 4 is 5.97 Å². The maximum atomic E-state index is 11.0. The second-order valence-corrected chi connectivity index (χ2v) is 4.17. The van der Waals surface area contributed by atoms with Gasteiger partial charge in [-0.05, 0) is 12.0 Å². The number of nitrogens with zero attached hydrogens (tertiary/aromatic N) is 2. The van der Waals surface area contributed by atoms with Crippen LogP contribution in [-0.2, 0) is 22.5 Å². The van der Waals surface area contributed by atoms with E-state index in [9.17, 15) is 9.90 Å². The average Bonchev–Trinajstić information content (AvgIpc) is 2.63. The van der Waals surface area contributed by atoms with Crippen LogP contribution in [0.2, 0.25) is 0 Å². The molecule has 90 valence electrons. The molecule has 0 radical (unpaired) electrons. The highest BCUT2D eigenvalue weighted by Gasteiger charge is 2.17. The second-order valence-electron chi connectivity index (χ2n) is 4.17. The molecule has 5 nitrogen and oxygen atoms in total. The molecule has 0 saturated carbocycles. The lowest BCUT2D eigenvalue weighted by molar-refractivity contribution is -0.150. The van der Waals surface area contributed by atoms with Gasteiger partial charge in [-0.15, -0.1) is 0 Å². The molecule has 0 aliphatic heterocycles. The number of aromatic nitrogens is 2. The van der Waals surface area contributed by atoms with E-state index >= 15 is 0 Å². The summed E-state index contributed by atoms with van der Waals surface area (Å²) in [5.41, 5.74) is 0.693. The molecule has 0 aromatic carbocycles. The molecule has 0 aliphatic rings. The molecule has 1 N–H and O–H groups in total. The van der Waals surface area contributed by atoms with Crippen LogP contribution in [0.25, 0.3) is 0 Å². The summed E-state index contributed by atoms with van der Waals surface area (Å²) in [6.45, 7) is 5.03. The number of ether oxygens (including phenoxy) is 1. The lowest BCUT2D eigenvalue weighted by Gasteiger charge is -2.06. The average molecular weight is 226 g/mol. The number of hydrogen-bond donors (Lipinski definition) is 1. The first kappa shape index (κ1) is 12.7. The first-order valence-corrected chi connectivity index (χ1v) is 5.31. The quantitative estimate of drug-likeness (QED) is 0.747. The topological polar surface area (TPSA) is 64.3 Å². The zero-order valence-corrected chi connectivity index (χ0v) is 9.88. The third-order valence-electron chi connectivity index (χ3n) is 2.12. The van der Waals surface area contributed by atoms with Gasteiger partial charge in [-0.2, -0.15) is 5.10 Å². The molecule has 1 atom stereocenters. The molecule has 1 heterocycles. The van der Waals surface area contributed by atoms with E-state index in [-0.39, 0.29) is 6.42 Å². The Hall–Kier alpha value is -1.36. The van der Waals surface area contributed by atoms with E-state index in [1.165, 1.54) is 7.11 Å². The Morgan fingerprint density at radius 2 is 2.31 bits per heavy atom. The van der Waals surface area contributed by atoms with Crippen LogP contribution >= 0.6 is 0 Å². The number of carbonyl (C=O) groups excluding carboxylic acids is 1. The molecule has 1 aromatic rings. The summed E-state index contributed by atoms with van der Waals surface area (Å²) in [5, 5.41) is 13.7. The van der Waals surface area contributed by atoms with E-state index in [4.69, 9.17) is 0 Å². The van der Waals surface area contributed by atoms with Crippen LogP contribution in [0.15, 0.2) is 12.3 Å². The van der Waals surface area contributed by atoms with Crippen molar-refractivity contribution in [3.8, 4) is 0 Å². The Morgan fingerprint density at radius 1 is 1.62 bits per heavy atom. The van der Waals surface area contributed by atoms with Crippen molar-refractivity contribution in [1.82, 2.24) is 9.78 Å². The fourth-order valence-corrected chi connectivity index (χ4v) is 1.41. The van der Waals surface area contributed by atoms with Crippen molar-refractivity contribution in [2.24, 2.45) is 5.92 Å². The van der Waals surface area contributed by atoms with Gasteiger partial charge in [0, 0.05) is 19.2 Å². The number of carbonyl (C=O) groups is 1. The first-order valence-electron chi connectivity index (χ1n) is 5.31. The zero-order chi connectivity index (χ0) is 12.1. The van der Waals surface area contributed by atoms with E-state index in [2.05, 4.69) is 23.7 Å². The predicted molar refractivity (Wildman–Crippen MR) is 58.8 cm³/mol. The predicted octanol–water partition coefficient (Wildman–Crippen LogP) is 0.615. The van der Waals surface area contributed by atoms with Gasteiger partial charge in [-0.1, -0.05) is 13.8 Å². The van der Waals surface area contributed by atoms with Crippen molar-refractivity contribution in [3.05, 3.63) is 18.0 Å². The third-order valence-corrected chi connectivity index (χ3v) is 2.12. The number of hydrogen-bond acceptors (Lipinski definition) is 4. The normalized spacial score (nSPS) is 12.8. The van der Waals surface area contributed by atoms with Crippen LogP contribution in [-0.4, -0.2) is 34.1 Å². The molecule has 0 amide bonds. The Morgan fingerprint density at radius 3 is 2.88 bits per heavy atom. The van der Waals surface area contributed by atoms with Crippen LogP contribution in [0, 0.1) is 5.92 Å². The molecule has 1 aromatic heterocycles. The van der Waals surface area contributed by atoms with Gasteiger partial charge in [0.1, 0.15) is 0 Å². The maximum absolute atomic E-state index is 11.0. The highest BCUT2D eigenvalue weighted by molar-refractivity contribution is 5.74. The smallest absolute Gasteiger partial charge is 0.335 e. The minimum Gasteiger partial charge on any atom is -0.467 e. The summed E-state index contributed by atoms with van der Waals surface area (Å²) in [7, 11) is 1.25. The fraction of sp³-hybridized carbons (Fsp3) is 0.636.